The molecule has 3 rings (SSSR count). The summed E-state index contributed by atoms with van der Waals surface area (Å²) in [5, 5.41) is 5.89. The zero-order valence-corrected chi connectivity index (χ0v) is 13.6. The lowest BCUT2D eigenvalue weighted by atomic mass is 10.1. The molecule has 4 nitrogen and oxygen atoms in total. The highest BCUT2D eigenvalue weighted by atomic mass is 32.1. The lowest BCUT2D eigenvalue weighted by Crippen LogP contribution is -2.32. The van der Waals surface area contributed by atoms with E-state index in [0.29, 0.717) is 11.7 Å². The monoisotopic (exact) mass is 313 g/mol. The van der Waals surface area contributed by atoms with E-state index in [9.17, 15) is 4.79 Å². The average Bonchev–Trinajstić information content (AvgIpc) is 2.95. The summed E-state index contributed by atoms with van der Waals surface area (Å²) in [5.74, 6) is -0.00735. The molecule has 1 amide bonds. The summed E-state index contributed by atoms with van der Waals surface area (Å²) in [4.78, 5) is 18.8. The molecule has 2 aromatic carbocycles. The Morgan fingerprint density at radius 1 is 1.18 bits per heavy atom. The summed E-state index contributed by atoms with van der Waals surface area (Å²) >= 11 is 1.52. The second-order valence-corrected chi connectivity index (χ2v) is 6.19. The van der Waals surface area contributed by atoms with E-state index in [1.54, 1.807) is 0 Å². The van der Waals surface area contributed by atoms with Gasteiger partial charge >= 0.3 is 0 Å². The molecule has 0 bridgehead atoms. The number of carbonyl (C=O) groups is 1. The highest BCUT2D eigenvalue weighted by Gasteiger charge is 2.12. The van der Waals surface area contributed by atoms with E-state index < -0.39 is 0 Å². The molecule has 0 saturated carbocycles. The predicted octanol–water partition coefficient (Wildman–Crippen LogP) is 3.73. The third-order valence-corrected chi connectivity index (χ3v) is 4.73. The maximum absolute atomic E-state index is 12.1. The molecule has 0 unspecified atom stereocenters. The van der Waals surface area contributed by atoms with Crippen molar-refractivity contribution in [3.05, 3.63) is 36.4 Å². The van der Waals surface area contributed by atoms with E-state index in [2.05, 4.69) is 53.3 Å². The van der Waals surface area contributed by atoms with Gasteiger partial charge in [-0.05, 0) is 24.5 Å². The summed E-state index contributed by atoms with van der Waals surface area (Å²) in [6.45, 7) is 6.26. The third-order valence-electron chi connectivity index (χ3n) is 3.79. The van der Waals surface area contributed by atoms with Crippen molar-refractivity contribution in [2.45, 2.75) is 13.8 Å². The van der Waals surface area contributed by atoms with Crippen LogP contribution in [0.3, 0.4) is 0 Å². The quantitative estimate of drug-likeness (QED) is 0.780. The van der Waals surface area contributed by atoms with Crippen LogP contribution in [0.1, 0.15) is 13.8 Å². The fourth-order valence-electron chi connectivity index (χ4n) is 2.52. The van der Waals surface area contributed by atoms with Gasteiger partial charge in [0.25, 0.3) is 0 Å². The number of rotatable bonds is 5. The van der Waals surface area contributed by atoms with Crippen molar-refractivity contribution in [3.8, 4) is 0 Å². The SMILES string of the molecule is CCN(CC)CC(=O)Nc1nc2c(ccc3ccccc32)s1. The van der Waals surface area contributed by atoms with Gasteiger partial charge in [-0.25, -0.2) is 4.98 Å². The van der Waals surface area contributed by atoms with E-state index in [-0.39, 0.29) is 5.91 Å². The van der Waals surface area contributed by atoms with Gasteiger partial charge in [-0.3, -0.25) is 9.69 Å². The van der Waals surface area contributed by atoms with Crippen LogP contribution in [0.15, 0.2) is 36.4 Å². The van der Waals surface area contributed by atoms with Gasteiger partial charge < -0.3 is 5.32 Å². The first-order valence-electron chi connectivity index (χ1n) is 7.51. The highest BCUT2D eigenvalue weighted by molar-refractivity contribution is 7.22. The molecule has 1 N–H and O–H groups in total. The Hall–Kier alpha value is -1.98. The fraction of sp³-hybridized carbons (Fsp3) is 0.294. The zero-order chi connectivity index (χ0) is 15.5. The topological polar surface area (TPSA) is 45.2 Å². The molecule has 0 aliphatic rings. The number of nitrogens with zero attached hydrogens (tertiary/aromatic N) is 2. The maximum Gasteiger partial charge on any atom is 0.240 e. The number of hydrogen-bond donors (Lipinski definition) is 1. The molecule has 1 heterocycles. The van der Waals surface area contributed by atoms with Gasteiger partial charge in [0.05, 0.1) is 16.8 Å². The Kier molecular flexibility index (Phi) is 4.36. The molecule has 0 fully saturated rings. The van der Waals surface area contributed by atoms with E-state index in [1.165, 1.54) is 16.7 Å². The Morgan fingerprint density at radius 3 is 2.73 bits per heavy atom. The van der Waals surface area contributed by atoms with Gasteiger partial charge in [0.2, 0.25) is 5.91 Å². The second kappa shape index (κ2) is 6.42. The lowest BCUT2D eigenvalue weighted by Gasteiger charge is -2.16. The first-order valence-corrected chi connectivity index (χ1v) is 8.33. The lowest BCUT2D eigenvalue weighted by molar-refractivity contribution is -0.117. The van der Waals surface area contributed by atoms with Crippen LogP contribution in [0.4, 0.5) is 5.13 Å². The van der Waals surface area contributed by atoms with Crippen LogP contribution in [0.2, 0.25) is 0 Å². The number of likely N-dealkylation sites (N-methyl/N-ethyl adjacent to an activating group) is 1. The molecular weight excluding hydrogens is 294 g/mol. The van der Waals surface area contributed by atoms with Crippen molar-refractivity contribution in [3.63, 3.8) is 0 Å². The number of carbonyl (C=O) groups excluding carboxylic acids is 1. The van der Waals surface area contributed by atoms with Gasteiger partial charge in [0, 0.05) is 5.39 Å². The van der Waals surface area contributed by atoms with E-state index in [0.717, 1.165) is 28.7 Å². The third kappa shape index (κ3) is 2.96. The normalized spacial score (nSPS) is 11.4. The van der Waals surface area contributed by atoms with E-state index >= 15 is 0 Å². The number of aromatic nitrogens is 1. The Bertz CT molecular complexity index is 808. The minimum atomic E-state index is -0.00735. The molecule has 0 aliphatic carbocycles. The maximum atomic E-state index is 12.1. The number of nitrogens with one attached hydrogen (secondary N) is 1. The Labute approximate surface area is 133 Å². The largest absolute Gasteiger partial charge is 0.301 e. The van der Waals surface area contributed by atoms with Crippen molar-refractivity contribution in [2.75, 3.05) is 25.0 Å². The van der Waals surface area contributed by atoms with Crippen LogP contribution in [0, 0.1) is 0 Å². The van der Waals surface area contributed by atoms with Crippen molar-refractivity contribution in [1.82, 2.24) is 9.88 Å². The zero-order valence-electron chi connectivity index (χ0n) is 12.8. The summed E-state index contributed by atoms with van der Waals surface area (Å²) in [6, 6.07) is 12.3. The van der Waals surface area contributed by atoms with E-state index in [1.807, 2.05) is 12.1 Å². The van der Waals surface area contributed by atoms with Crippen LogP contribution in [-0.4, -0.2) is 35.4 Å². The first kappa shape index (κ1) is 14.9. The smallest absolute Gasteiger partial charge is 0.240 e. The summed E-state index contributed by atoms with van der Waals surface area (Å²) < 4.78 is 1.09. The van der Waals surface area contributed by atoms with Crippen LogP contribution < -0.4 is 5.32 Å². The minimum Gasteiger partial charge on any atom is -0.301 e. The minimum absolute atomic E-state index is 0.00735. The number of thiazole rings is 1. The molecule has 22 heavy (non-hydrogen) atoms. The molecule has 0 spiro atoms. The highest BCUT2D eigenvalue weighted by Crippen LogP contribution is 2.31. The van der Waals surface area contributed by atoms with Gasteiger partial charge in [-0.2, -0.15) is 0 Å². The predicted molar refractivity (Wildman–Crippen MR) is 93.5 cm³/mol. The number of benzene rings is 2. The molecule has 114 valence electrons. The van der Waals surface area contributed by atoms with E-state index in [4.69, 9.17) is 0 Å². The molecule has 3 aromatic rings. The fourth-order valence-corrected chi connectivity index (χ4v) is 3.42. The standard InChI is InChI=1S/C17H19N3OS/c1-3-20(4-2)11-15(21)18-17-19-16-13-8-6-5-7-12(13)9-10-14(16)22-17/h5-10H,3-4,11H2,1-2H3,(H,18,19,21). The number of hydrogen-bond acceptors (Lipinski definition) is 4. The Balaban J connectivity index is 1.86. The van der Waals surface area contributed by atoms with Crippen molar-refractivity contribution in [2.24, 2.45) is 0 Å². The van der Waals surface area contributed by atoms with Crippen LogP contribution in [0.25, 0.3) is 21.0 Å². The average molecular weight is 313 g/mol. The molecule has 5 heteroatoms. The molecule has 0 aliphatic heterocycles. The van der Waals surface area contributed by atoms with Gasteiger partial charge in [-0.1, -0.05) is 55.5 Å². The molecule has 0 radical (unpaired) electrons. The number of amides is 1. The molecule has 0 saturated heterocycles. The second-order valence-electron chi connectivity index (χ2n) is 5.16. The van der Waals surface area contributed by atoms with Crippen molar-refractivity contribution >= 4 is 43.4 Å². The molecular formula is C17H19N3OS. The van der Waals surface area contributed by atoms with Crippen molar-refractivity contribution < 1.29 is 4.79 Å². The summed E-state index contributed by atoms with van der Waals surface area (Å²) in [7, 11) is 0. The van der Waals surface area contributed by atoms with Gasteiger partial charge in [0.1, 0.15) is 0 Å². The molecule has 1 aromatic heterocycles. The van der Waals surface area contributed by atoms with Gasteiger partial charge in [0.15, 0.2) is 5.13 Å². The molecule has 0 atom stereocenters. The van der Waals surface area contributed by atoms with Crippen LogP contribution >= 0.6 is 11.3 Å². The summed E-state index contributed by atoms with van der Waals surface area (Å²) in [6.07, 6.45) is 0. The van der Waals surface area contributed by atoms with Crippen LogP contribution in [0.5, 0.6) is 0 Å². The Morgan fingerprint density at radius 2 is 1.95 bits per heavy atom. The van der Waals surface area contributed by atoms with Gasteiger partial charge in [-0.15, -0.1) is 0 Å². The van der Waals surface area contributed by atoms with Crippen molar-refractivity contribution in [1.29, 1.82) is 0 Å². The summed E-state index contributed by atoms with van der Waals surface area (Å²) in [5.41, 5.74) is 0.959. The number of anilines is 1. The van der Waals surface area contributed by atoms with Crippen LogP contribution in [-0.2, 0) is 4.79 Å². The number of fused-ring (bicyclic) bond motifs is 3. The first-order chi connectivity index (χ1) is 10.7.